The van der Waals surface area contributed by atoms with Crippen molar-refractivity contribution in [2.24, 2.45) is 10.9 Å². The Bertz CT molecular complexity index is 440. The maximum absolute atomic E-state index is 4.71. The molecular weight excluding hydrogens is 242 g/mol. The highest BCUT2D eigenvalue weighted by Gasteiger charge is 2.21. The summed E-state index contributed by atoms with van der Waals surface area (Å²) >= 11 is 1.81. The number of thioether (sulfide) groups is 1. The smallest absolute Gasteiger partial charge is 0.161 e. The maximum atomic E-state index is 4.71. The standard InChI is InChI=1S/C14H21N3S/c1-10(2)13-9-18-14(16-13)15-11-6-5-7-12(8-11)17(3)4/h5-8,10,13H,9H2,1-4H3,(H,15,16)/t13-/m1/s1. The molecule has 0 fully saturated rings. The van der Waals surface area contributed by atoms with E-state index >= 15 is 0 Å². The molecule has 0 amide bonds. The second-order valence-electron chi connectivity index (χ2n) is 5.13. The summed E-state index contributed by atoms with van der Waals surface area (Å²) in [4.78, 5) is 6.82. The van der Waals surface area contributed by atoms with Crippen molar-refractivity contribution in [3.05, 3.63) is 24.3 Å². The van der Waals surface area contributed by atoms with Crippen LogP contribution < -0.4 is 10.2 Å². The number of aliphatic imine (C=N–C) groups is 1. The zero-order valence-corrected chi connectivity index (χ0v) is 12.3. The Balaban J connectivity index is 2.06. The molecule has 0 aliphatic carbocycles. The number of hydrogen-bond donors (Lipinski definition) is 1. The van der Waals surface area contributed by atoms with Gasteiger partial charge in [-0.05, 0) is 24.1 Å². The third kappa shape index (κ3) is 3.19. The van der Waals surface area contributed by atoms with Crippen LogP contribution in [0.1, 0.15) is 13.8 Å². The highest BCUT2D eigenvalue weighted by Crippen LogP contribution is 2.25. The van der Waals surface area contributed by atoms with Gasteiger partial charge in [-0.15, -0.1) is 0 Å². The van der Waals surface area contributed by atoms with Crippen LogP contribution in [0.2, 0.25) is 0 Å². The molecular formula is C14H21N3S. The van der Waals surface area contributed by atoms with Gasteiger partial charge in [0.2, 0.25) is 0 Å². The Hall–Kier alpha value is -1.16. The summed E-state index contributed by atoms with van der Waals surface area (Å²) in [5, 5.41) is 4.45. The molecule has 1 aliphatic heterocycles. The van der Waals surface area contributed by atoms with E-state index < -0.39 is 0 Å². The van der Waals surface area contributed by atoms with Crippen molar-refractivity contribution in [1.82, 2.24) is 0 Å². The molecule has 0 saturated carbocycles. The molecule has 1 heterocycles. The van der Waals surface area contributed by atoms with Gasteiger partial charge in [-0.25, -0.2) is 0 Å². The SMILES string of the molecule is CC(C)[C@H]1CSC(Nc2cccc(N(C)C)c2)=N1. The van der Waals surface area contributed by atoms with Crippen molar-refractivity contribution >= 4 is 28.3 Å². The highest BCUT2D eigenvalue weighted by molar-refractivity contribution is 8.14. The maximum Gasteiger partial charge on any atom is 0.161 e. The molecule has 1 aromatic carbocycles. The van der Waals surface area contributed by atoms with Crippen LogP contribution in [0, 0.1) is 5.92 Å². The first-order chi connectivity index (χ1) is 8.56. The molecule has 0 bridgehead atoms. The molecule has 2 rings (SSSR count). The largest absolute Gasteiger partial charge is 0.378 e. The number of amidine groups is 1. The molecule has 0 saturated heterocycles. The Morgan fingerprint density at radius 1 is 1.39 bits per heavy atom. The van der Waals surface area contributed by atoms with E-state index in [1.54, 1.807) is 0 Å². The lowest BCUT2D eigenvalue weighted by molar-refractivity contribution is 0.543. The minimum atomic E-state index is 0.453. The van der Waals surface area contributed by atoms with E-state index in [1.165, 1.54) is 5.69 Å². The Labute approximate surface area is 114 Å². The fraction of sp³-hybridized carbons (Fsp3) is 0.500. The van der Waals surface area contributed by atoms with E-state index in [0.717, 1.165) is 16.6 Å². The molecule has 1 aliphatic rings. The minimum Gasteiger partial charge on any atom is -0.378 e. The van der Waals surface area contributed by atoms with Gasteiger partial charge in [0.05, 0.1) is 6.04 Å². The molecule has 0 aromatic heterocycles. The van der Waals surface area contributed by atoms with Gasteiger partial charge in [0.1, 0.15) is 0 Å². The monoisotopic (exact) mass is 263 g/mol. The Morgan fingerprint density at radius 2 is 2.17 bits per heavy atom. The van der Waals surface area contributed by atoms with Gasteiger partial charge >= 0.3 is 0 Å². The average molecular weight is 263 g/mol. The molecule has 18 heavy (non-hydrogen) atoms. The molecule has 1 aromatic rings. The molecule has 98 valence electrons. The van der Waals surface area contributed by atoms with Crippen molar-refractivity contribution in [3.63, 3.8) is 0 Å². The zero-order valence-electron chi connectivity index (χ0n) is 11.5. The van der Waals surface area contributed by atoms with Crippen molar-refractivity contribution in [1.29, 1.82) is 0 Å². The van der Waals surface area contributed by atoms with E-state index in [-0.39, 0.29) is 0 Å². The molecule has 1 N–H and O–H groups in total. The molecule has 1 atom stereocenters. The van der Waals surface area contributed by atoms with Crippen LogP contribution in [0.25, 0.3) is 0 Å². The van der Waals surface area contributed by atoms with E-state index in [0.29, 0.717) is 12.0 Å². The number of nitrogens with one attached hydrogen (secondary N) is 1. The molecule has 4 heteroatoms. The van der Waals surface area contributed by atoms with Crippen molar-refractivity contribution in [2.45, 2.75) is 19.9 Å². The first-order valence-corrected chi connectivity index (χ1v) is 7.30. The van der Waals surface area contributed by atoms with Crippen LogP contribution in [-0.2, 0) is 0 Å². The number of rotatable bonds is 3. The Morgan fingerprint density at radius 3 is 2.78 bits per heavy atom. The van der Waals surface area contributed by atoms with E-state index in [4.69, 9.17) is 4.99 Å². The number of anilines is 2. The van der Waals surface area contributed by atoms with E-state index in [9.17, 15) is 0 Å². The van der Waals surface area contributed by atoms with Crippen molar-refractivity contribution in [2.75, 3.05) is 30.1 Å². The van der Waals surface area contributed by atoms with Crippen LogP contribution in [0.4, 0.5) is 11.4 Å². The van der Waals surface area contributed by atoms with Gasteiger partial charge in [0, 0.05) is 31.2 Å². The number of benzene rings is 1. The Kier molecular flexibility index (Phi) is 4.17. The summed E-state index contributed by atoms with van der Waals surface area (Å²) in [7, 11) is 4.10. The third-order valence-electron chi connectivity index (χ3n) is 3.06. The molecule has 0 unspecified atom stereocenters. The van der Waals surface area contributed by atoms with E-state index in [1.807, 2.05) is 11.8 Å². The zero-order chi connectivity index (χ0) is 13.1. The first kappa shape index (κ1) is 13.3. The first-order valence-electron chi connectivity index (χ1n) is 6.31. The molecule has 3 nitrogen and oxygen atoms in total. The minimum absolute atomic E-state index is 0.453. The normalized spacial score (nSPS) is 18.9. The van der Waals surface area contributed by atoms with Crippen LogP contribution in [0.3, 0.4) is 0 Å². The van der Waals surface area contributed by atoms with Crippen molar-refractivity contribution < 1.29 is 0 Å². The van der Waals surface area contributed by atoms with E-state index in [2.05, 4.69) is 62.4 Å². The van der Waals surface area contributed by atoms with Crippen LogP contribution in [0.15, 0.2) is 29.3 Å². The quantitative estimate of drug-likeness (QED) is 0.907. The summed E-state index contributed by atoms with van der Waals surface area (Å²) in [6.07, 6.45) is 0. The second-order valence-corrected chi connectivity index (χ2v) is 6.14. The number of hydrogen-bond acceptors (Lipinski definition) is 4. The third-order valence-corrected chi connectivity index (χ3v) is 4.05. The van der Waals surface area contributed by atoms with Crippen LogP contribution in [0.5, 0.6) is 0 Å². The second kappa shape index (κ2) is 5.65. The molecule has 0 spiro atoms. The van der Waals surface area contributed by atoms with Crippen LogP contribution in [-0.4, -0.2) is 31.1 Å². The lowest BCUT2D eigenvalue weighted by Crippen LogP contribution is -2.12. The van der Waals surface area contributed by atoms with Gasteiger partial charge in [-0.2, -0.15) is 0 Å². The summed E-state index contributed by atoms with van der Waals surface area (Å²) < 4.78 is 0. The lowest BCUT2D eigenvalue weighted by atomic mass is 10.1. The summed E-state index contributed by atoms with van der Waals surface area (Å²) in [6.45, 7) is 4.45. The fourth-order valence-electron chi connectivity index (χ4n) is 1.78. The topological polar surface area (TPSA) is 27.6 Å². The van der Waals surface area contributed by atoms with Crippen LogP contribution >= 0.6 is 11.8 Å². The van der Waals surface area contributed by atoms with Gasteiger partial charge in [0.25, 0.3) is 0 Å². The summed E-state index contributed by atoms with van der Waals surface area (Å²) in [5.74, 6) is 1.71. The predicted molar refractivity (Wildman–Crippen MR) is 82.9 cm³/mol. The number of nitrogens with zero attached hydrogens (tertiary/aromatic N) is 2. The lowest BCUT2D eigenvalue weighted by Gasteiger charge is -2.14. The van der Waals surface area contributed by atoms with Gasteiger partial charge in [-0.1, -0.05) is 31.7 Å². The highest BCUT2D eigenvalue weighted by atomic mass is 32.2. The van der Waals surface area contributed by atoms with Gasteiger partial charge in [0.15, 0.2) is 5.17 Å². The van der Waals surface area contributed by atoms with Gasteiger partial charge in [-0.3, -0.25) is 4.99 Å². The predicted octanol–water partition coefficient (Wildman–Crippen LogP) is 3.29. The summed E-state index contributed by atoms with van der Waals surface area (Å²) in [5.41, 5.74) is 2.31. The fourth-order valence-corrected chi connectivity index (χ4v) is 2.97. The average Bonchev–Trinajstić information content (AvgIpc) is 2.78. The van der Waals surface area contributed by atoms with Crippen molar-refractivity contribution in [3.8, 4) is 0 Å². The van der Waals surface area contributed by atoms with Gasteiger partial charge < -0.3 is 10.2 Å². The summed E-state index contributed by atoms with van der Waals surface area (Å²) in [6, 6.07) is 8.85. The molecule has 0 radical (unpaired) electrons.